The van der Waals surface area contributed by atoms with E-state index < -0.39 is 0 Å². The van der Waals surface area contributed by atoms with Crippen LogP contribution in [0.3, 0.4) is 0 Å². The van der Waals surface area contributed by atoms with E-state index in [2.05, 4.69) is 17.2 Å². The zero-order valence-corrected chi connectivity index (χ0v) is 10.1. The van der Waals surface area contributed by atoms with Crippen LogP contribution in [0.2, 0.25) is 0 Å². The second kappa shape index (κ2) is 4.04. The Labute approximate surface area is 100.0 Å². The number of hydrogen-bond donors (Lipinski definition) is 1. The lowest BCUT2D eigenvalue weighted by molar-refractivity contribution is 0.415. The van der Waals surface area contributed by atoms with Crippen LogP contribution < -0.4 is 10.1 Å². The third kappa shape index (κ3) is 1.78. The second-order valence-electron chi connectivity index (χ2n) is 4.63. The van der Waals surface area contributed by atoms with Crippen LogP contribution in [-0.4, -0.2) is 25.2 Å². The fourth-order valence-electron chi connectivity index (χ4n) is 2.35. The van der Waals surface area contributed by atoms with Gasteiger partial charge in [-0.1, -0.05) is 6.92 Å². The summed E-state index contributed by atoms with van der Waals surface area (Å²) in [6.45, 7) is 4.21. The van der Waals surface area contributed by atoms with Gasteiger partial charge in [0.1, 0.15) is 11.3 Å². The van der Waals surface area contributed by atoms with Crippen molar-refractivity contribution in [1.82, 2.24) is 10.3 Å². The molecular weight excluding hydrogens is 216 g/mol. The van der Waals surface area contributed by atoms with Crippen molar-refractivity contribution < 1.29 is 9.15 Å². The zero-order valence-electron chi connectivity index (χ0n) is 10.1. The van der Waals surface area contributed by atoms with Crippen molar-refractivity contribution >= 4 is 11.1 Å². The molecule has 1 aromatic heterocycles. The van der Waals surface area contributed by atoms with Crippen LogP contribution in [-0.2, 0) is 0 Å². The number of nitrogens with zero attached hydrogens (tertiary/aromatic N) is 1. The average Bonchev–Trinajstić information content (AvgIpc) is 2.93. The van der Waals surface area contributed by atoms with Gasteiger partial charge in [-0.3, -0.25) is 0 Å². The molecule has 4 nitrogen and oxygen atoms in total. The molecule has 3 rings (SSSR count). The third-order valence-electron chi connectivity index (χ3n) is 3.45. The Bertz CT molecular complexity index is 535. The quantitative estimate of drug-likeness (QED) is 0.862. The Kier molecular flexibility index (Phi) is 2.52. The highest BCUT2D eigenvalue weighted by Gasteiger charge is 2.28. The van der Waals surface area contributed by atoms with E-state index in [-0.39, 0.29) is 0 Å². The minimum Gasteiger partial charge on any atom is -0.497 e. The molecule has 0 amide bonds. The summed E-state index contributed by atoms with van der Waals surface area (Å²) in [4.78, 5) is 4.57. The third-order valence-corrected chi connectivity index (χ3v) is 3.45. The van der Waals surface area contributed by atoms with E-state index in [1.165, 1.54) is 0 Å². The molecule has 0 spiro atoms. The summed E-state index contributed by atoms with van der Waals surface area (Å²) in [6, 6.07) is 5.72. The summed E-state index contributed by atoms with van der Waals surface area (Å²) in [5.41, 5.74) is 1.71. The Morgan fingerprint density at radius 2 is 2.29 bits per heavy atom. The second-order valence-corrected chi connectivity index (χ2v) is 4.63. The van der Waals surface area contributed by atoms with Gasteiger partial charge in [-0.05, 0) is 24.6 Å². The number of nitrogens with one attached hydrogen (secondary N) is 1. The summed E-state index contributed by atoms with van der Waals surface area (Å²) in [5, 5.41) is 3.36. The Balaban J connectivity index is 2.01. The van der Waals surface area contributed by atoms with Gasteiger partial charge in [0.2, 0.25) is 0 Å². The summed E-state index contributed by atoms with van der Waals surface area (Å²) < 4.78 is 11.0. The minimum atomic E-state index is 0.383. The van der Waals surface area contributed by atoms with Gasteiger partial charge in [0, 0.05) is 12.6 Å². The van der Waals surface area contributed by atoms with Gasteiger partial charge in [0.15, 0.2) is 11.5 Å². The lowest BCUT2D eigenvalue weighted by atomic mass is 9.98. The van der Waals surface area contributed by atoms with Crippen molar-refractivity contribution in [3.8, 4) is 5.75 Å². The van der Waals surface area contributed by atoms with Crippen LogP contribution in [0, 0.1) is 5.92 Å². The van der Waals surface area contributed by atoms with Crippen LogP contribution in [0.1, 0.15) is 18.7 Å². The molecule has 2 atom stereocenters. The number of hydrogen-bond acceptors (Lipinski definition) is 4. The summed E-state index contributed by atoms with van der Waals surface area (Å²) >= 11 is 0. The van der Waals surface area contributed by atoms with Crippen LogP contribution in [0.15, 0.2) is 22.6 Å². The molecule has 1 N–H and O–H groups in total. The average molecular weight is 232 g/mol. The summed E-state index contributed by atoms with van der Waals surface area (Å²) in [5.74, 6) is 2.61. The van der Waals surface area contributed by atoms with Crippen molar-refractivity contribution in [1.29, 1.82) is 0 Å². The highest BCUT2D eigenvalue weighted by Crippen LogP contribution is 2.30. The number of ether oxygens (including phenoxy) is 1. The number of rotatable bonds is 2. The van der Waals surface area contributed by atoms with Gasteiger partial charge in [0.05, 0.1) is 13.0 Å². The van der Waals surface area contributed by atoms with Crippen molar-refractivity contribution in [3.05, 3.63) is 24.1 Å². The molecule has 1 aliphatic heterocycles. The van der Waals surface area contributed by atoms with E-state index in [1.54, 1.807) is 7.11 Å². The molecule has 1 saturated heterocycles. The number of aromatic nitrogens is 1. The fourth-order valence-corrected chi connectivity index (χ4v) is 2.35. The molecule has 2 aromatic rings. The SMILES string of the molecule is COc1ccc2oc([C@@H]3CNC[C@H]3C)nc2c1. The first kappa shape index (κ1) is 10.6. The number of oxazole rings is 1. The normalized spacial score (nSPS) is 24.4. The van der Waals surface area contributed by atoms with Gasteiger partial charge in [-0.25, -0.2) is 4.98 Å². The van der Waals surface area contributed by atoms with Crippen LogP contribution in [0.25, 0.3) is 11.1 Å². The maximum atomic E-state index is 5.82. The Morgan fingerprint density at radius 1 is 1.41 bits per heavy atom. The maximum Gasteiger partial charge on any atom is 0.200 e. The highest BCUT2D eigenvalue weighted by molar-refractivity contribution is 5.74. The van der Waals surface area contributed by atoms with E-state index in [1.807, 2.05) is 18.2 Å². The van der Waals surface area contributed by atoms with Gasteiger partial charge < -0.3 is 14.5 Å². The summed E-state index contributed by atoms with van der Waals surface area (Å²) in [7, 11) is 1.66. The fraction of sp³-hybridized carbons (Fsp3) is 0.462. The lowest BCUT2D eigenvalue weighted by Gasteiger charge is -2.08. The number of benzene rings is 1. The Hall–Kier alpha value is -1.55. The molecule has 1 fully saturated rings. The maximum absolute atomic E-state index is 5.82. The van der Waals surface area contributed by atoms with Crippen molar-refractivity contribution in [3.63, 3.8) is 0 Å². The molecule has 4 heteroatoms. The smallest absolute Gasteiger partial charge is 0.200 e. The first-order chi connectivity index (χ1) is 8.28. The lowest BCUT2D eigenvalue weighted by Crippen LogP contribution is -2.08. The molecular formula is C13H16N2O2. The zero-order chi connectivity index (χ0) is 11.8. The first-order valence-corrected chi connectivity index (χ1v) is 5.93. The largest absolute Gasteiger partial charge is 0.497 e. The van der Waals surface area contributed by atoms with E-state index in [4.69, 9.17) is 9.15 Å². The highest BCUT2D eigenvalue weighted by atomic mass is 16.5. The van der Waals surface area contributed by atoms with Crippen molar-refractivity contribution in [2.24, 2.45) is 5.92 Å². The molecule has 0 bridgehead atoms. The van der Waals surface area contributed by atoms with Crippen LogP contribution >= 0.6 is 0 Å². The monoisotopic (exact) mass is 232 g/mol. The van der Waals surface area contributed by atoms with Gasteiger partial charge in [-0.2, -0.15) is 0 Å². The molecule has 17 heavy (non-hydrogen) atoms. The van der Waals surface area contributed by atoms with Crippen molar-refractivity contribution in [2.75, 3.05) is 20.2 Å². The predicted octanol–water partition coefficient (Wildman–Crippen LogP) is 2.16. The molecule has 1 aromatic carbocycles. The molecule has 2 heterocycles. The molecule has 0 saturated carbocycles. The summed E-state index contributed by atoms with van der Waals surface area (Å²) in [6.07, 6.45) is 0. The van der Waals surface area contributed by atoms with Gasteiger partial charge in [0.25, 0.3) is 0 Å². The molecule has 0 radical (unpaired) electrons. The minimum absolute atomic E-state index is 0.383. The van der Waals surface area contributed by atoms with E-state index in [9.17, 15) is 0 Å². The molecule has 0 unspecified atom stereocenters. The van der Waals surface area contributed by atoms with Gasteiger partial charge in [-0.15, -0.1) is 0 Å². The first-order valence-electron chi connectivity index (χ1n) is 5.93. The molecule has 90 valence electrons. The van der Waals surface area contributed by atoms with Crippen LogP contribution in [0.5, 0.6) is 5.75 Å². The molecule has 0 aliphatic carbocycles. The topological polar surface area (TPSA) is 47.3 Å². The van der Waals surface area contributed by atoms with Crippen molar-refractivity contribution in [2.45, 2.75) is 12.8 Å². The Morgan fingerprint density at radius 3 is 3.00 bits per heavy atom. The van der Waals surface area contributed by atoms with Crippen LogP contribution in [0.4, 0.5) is 0 Å². The number of fused-ring (bicyclic) bond motifs is 1. The van der Waals surface area contributed by atoms with E-state index >= 15 is 0 Å². The standard InChI is InChI=1S/C13H16N2O2/c1-8-6-14-7-10(8)13-15-11-5-9(16-2)3-4-12(11)17-13/h3-5,8,10,14H,6-7H2,1-2H3/t8-,10-/m1/s1. The molecule has 1 aliphatic rings. The van der Waals surface area contributed by atoms with E-state index in [0.717, 1.165) is 35.8 Å². The van der Waals surface area contributed by atoms with Gasteiger partial charge >= 0.3 is 0 Å². The van der Waals surface area contributed by atoms with E-state index in [0.29, 0.717) is 11.8 Å². The predicted molar refractivity (Wildman–Crippen MR) is 65.3 cm³/mol. The number of methoxy groups -OCH3 is 1.